The van der Waals surface area contributed by atoms with Crippen molar-refractivity contribution >= 4 is 11.9 Å². The minimum Gasteiger partial charge on any atom is -0.462 e. The summed E-state index contributed by atoms with van der Waals surface area (Å²) < 4.78 is 12.7. The van der Waals surface area contributed by atoms with Crippen LogP contribution >= 0.6 is 0 Å². The van der Waals surface area contributed by atoms with E-state index in [0.717, 1.165) is 77.0 Å². The second kappa shape index (κ2) is 14.8. The van der Waals surface area contributed by atoms with E-state index in [1.165, 1.54) is 16.7 Å². The number of carbonyl (C=O) groups excluding carboxylic acids is 2. The molecule has 56 heavy (non-hydrogen) atoms. The Morgan fingerprint density at radius 2 is 1.23 bits per heavy atom. The van der Waals surface area contributed by atoms with Crippen molar-refractivity contribution in [3.05, 3.63) is 46.6 Å². The van der Waals surface area contributed by atoms with Crippen molar-refractivity contribution in [2.24, 2.45) is 63.1 Å². The Balaban J connectivity index is 1.02. The molecule has 0 heterocycles. The van der Waals surface area contributed by atoms with Gasteiger partial charge in [0.05, 0.1) is 22.0 Å². The minimum atomic E-state index is -1.33. The molecule has 0 radical (unpaired) electrons. The molecule has 3 saturated carbocycles. The van der Waals surface area contributed by atoms with Gasteiger partial charge in [-0.05, 0) is 175 Å². The molecule has 0 aliphatic heterocycles. The molecule has 12 unspecified atom stereocenters. The van der Waals surface area contributed by atoms with Crippen LogP contribution in [0, 0.1) is 63.1 Å². The van der Waals surface area contributed by atoms with E-state index in [2.05, 4.69) is 79.7 Å². The van der Waals surface area contributed by atoms with Gasteiger partial charge in [-0.2, -0.15) is 0 Å². The van der Waals surface area contributed by atoms with Gasteiger partial charge in [-0.25, -0.2) is 0 Å². The maximum atomic E-state index is 14.5. The number of esters is 2. The van der Waals surface area contributed by atoms with E-state index < -0.39 is 28.1 Å². The summed E-state index contributed by atoms with van der Waals surface area (Å²) in [5, 5.41) is 23.7. The van der Waals surface area contributed by atoms with Crippen molar-refractivity contribution in [2.45, 2.75) is 183 Å². The highest BCUT2D eigenvalue weighted by Crippen LogP contribution is 2.64. The lowest BCUT2D eigenvalue weighted by atomic mass is 9.47. The van der Waals surface area contributed by atoms with Crippen molar-refractivity contribution in [3.63, 3.8) is 0 Å². The SMILES string of the molecule is CC(C)C1=CC2=CCC3C(C)(C(=O)OCC(C)(O)C4CCC(C)(O)C(OC(=O)C5(C)CCCC6(C)C7CCC(C(C)C)=CC7=CCC56)C4)CCCC3(C)C2CC1. The Labute approximate surface area is 339 Å². The summed E-state index contributed by atoms with van der Waals surface area (Å²) in [6, 6.07) is 0. The third-order valence-corrected chi connectivity index (χ3v) is 17.9. The molecule has 3 fully saturated rings. The van der Waals surface area contributed by atoms with Gasteiger partial charge in [-0.1, -0.05) is 89.8 Å². The summed E-state index contributed by atoms with van der Waals surface area (Å²) in [5.41, 5.74) is 2.28. The molecule has 0 saturated heterocycles. The number of allylic oxidation sites excluding steroid dienone is 8. The van der Waals surface area contributed by atoms with Crippen LogP contribution in [0.15, 0.2) is 46.6 Å². The standard InChI is InChI=1S/C50H76O6/c1-31(2)33-13-17-38-35(27-33)15-19-40-45(38,5)22-11-24-47(40,7)43(51)55-30-50(10,54)37-21-26-49(9,53)42(29-37)56-44(52)48(8)25-12-23-46(6)39-18-14-34(32(3)4)28-36(39)16-20-41(46)48/h15-16,27-28,31-32,37-42,53-54H,11-14,17-26,29-30H2,1-10H3. The number of ether oxygens (including phenoxy) is 2. The van der Waals surface area contributed by atoms with Crippen LogP contribution in [-0.4, -0.2) is 46.1 Å². The van der Waals surface area contributed by atoms with Crippen molar-refractivity contribution in [3.8, 4) is 0 Å². The molecule has 6 heteroatoms. The number of aliphatic hydroxyl groups is 2. The molecular weight excluding hydrogens is 697 g/mol. The molecule has 2 N–H and O–H groups in total. The molecule has 0 aromatic rings. The molecule has 7 rings (SSSR count). The van der Waals surface area contributed by atoms with Crippen LogP contribution in [0.4, 0.5) is 0 Å². The summed E-state index contributed by atoms with van der Waals surface area (Å²) in [6.07, 6.45) is 22.4. The molecule has 7 aliphatic rings. The van der Waals surface area contributed by atoms with Gasteiger partial charge >= 0.3 is 11.9 Å². The van der Waals surface area contributed by atoms with E-state index in [9.17, 15) is 19.8 Å². The van der Waals surface area contributed by atoms with Crippen LogP contribution < -0.4 is 0 Å². The zero-order valence-corrected chi connectivity index (χ0v) is 36.8. The predicted molar refractivity (Wildman–Crippen MR) is 223 cm³/mol. The number of fused-ring (bicyclic) bond motifs is 6. The lowest BCUT2D eigenvalue weighted by molar-refractivity contribution is -0.202. The van der Waals surface area contributed by atoms with Crippen LogP contribution in [0.1, 0.15) is 166 Å². The third kappa shape index (κ3) is 7.05. The maximum Gasteiger partial charge on any atom is 0.312 e. The second-order valence-corrected chi connectivity index (χ2v) is 22.1. The lowest BCUT2D eigenvalue weighted by Gasteiger charge is -2.57. The first-order valence-corrected chi connectivity index (χ1v) is 22.8. The fourth-order valence-electron chi connectivity index (χ4n) is 13.9. The molecule has 0 spiro atoms. The van der Waals surface area contributed by atoms with Crippen molar-refractivity contribution in [1.29, 1.82) is 0 Å². The number of hydrogen-bond donors (Lipinski definition) is 2. The fraction of sp³-hybridized carbons (Fsp3) is 0.800. The minimum absolute atomic E-state index is 0.0215. The molecule has 12 atom stereocenters. The Kier molecular flexibility index (Phi) is 11.1. The Morgan fingerprint density at radius 1 is 0.750 bits per heavy atom. The molecule has 312 valence electrons. The normalized spacial score (nSPS) is 43.4. The molecule has 0 aromatic carbocycles. The number of carbonyl (C=O) groups is 2. The van der Waals surface area contributed by atoms with Crippen molar-refractivity contribution in [2.75, 3.05) is 6.61 Å². The summed E-state index contributed by atoms with van der Waals surface area (Å²) >= 11 is 0. The Bertz CT molecular complexity index is 1670. The zero-order chi connectivity index (χ0) is 40.6. The van der Waals surface area contributed by atoms with E-state index in [0.29, 0.717) is 42.9 Å². The first-order chi connectivity index (χ1) is 26.2. The van der Waals surface area contributed by atoms with Gasteiger partial charge < -0.3 is 19.7 Å². The van der Waals surface area contributed by atoms with Gasteiger partial charge in [0.1, 0.15) is 12.7 Å². The molecular formula is C50H76O6. The van der Waals surface area contributed by atoms with Crippen LogP contribution in [-0.2, 0) is 19.1 Å². The van der Waals surface area contributed by atoms with E-state index in [-0.39, 0.29) is 47.1 Å². The van der Waals surface area contributed by atoms with Crippen LogP contribution in [0.3, 0.4) is 0 Å². The van der Waals surface area contributed by atoms with Crippen molar-refractivity contribution < 1.29 is 29.3 Å². The molecule has 7 aliphatic carbocycles. The molecule has 0 bridgehead atoms. The molecule has 0 amide bonds. The highest BCUT2D eigenvalue weighted by molar-refractivity contribution is 5.78. The van der Waals surface area contributed by atoms with Crippen LogP contribution in [0.5, 0.6) is 0 Å². The monoisotopic (exact) mass is 773 g/mol. The largest absolute Gasteiger partial charge is 0.462 e. The van der Waals surface area contributed by atoms with Crippen molar-refractivity contribution in [1.82, 2.24) is 0 Å². The summed E-state index contributed by atoms with van der Waals surface area (Å²) in [7, 11) is 0. The van der Waals surface area contributed by atoms with E-state index in [1.807, 2.05) is 0 Å². The first-order valence-electron chi connectivity index (χ1n) is 22.8. The summed E-state index contributed by atoms with van der Waals surface area (Å²) in [4.78, 5) is 28.8. The number of rotatable bonds is 8. The second-order valence-electron chi connectivity index (χ2n) is 22.1. The predicted octanol–water partition coefficient (Wildman–Crippen LogP) is 11.0. The highest BCUT2D eigenvalue weighted by atomic mass is 16.6. The summed E-state index contributed by atoms with van der Waals surface area (Å²) in [5.74, 6) is 1.71. The van der Waals surface area contributed by atoms with Gasteiger partial charge in [0.25, 0.3) is 0 Å². The fourth-order valence-corrected chi connectivity index (χ4v) is 13.9. The topological polar surface area (TPSA) is 93.1 Å². The average molecular weight is 773 g/mol. The number of hydrogen-bond acceptors (Lipinski definition) is 6. The van der Waals surface area contributed by atoms with Gasteiger partial charge in [0.15, 0.2) is 0 Å². The smallest absolute Gasteiger partial charge is 0.312 e. The van der Waals surface area contributed by atoms with Gasteiger partial charge in [-0.3, -0.25) is 9.59 Å². The van der Waals surface area contributed by atoms with E-state index in [1.54, 1.807) is 19.4 Å². The summed E-state index contributed by atoms with van der Waals surface area (Å²) in [6.45, 7) is 21.7. The van der Waals surface area contributed by atoms with Crippen LogP contribution in [0.2, 0.25) is 0 Å². The maximum absolute atomic E-state index is 14.5. The lowest BCUT2D eigenvalue weighted by Crippen LogP contribution is -2.57. The van der Waals surface area contributed by atoms with Gasteiger partial charge in [-0.15, -0.1) is 0 Å². The van der Waals surface area contributed by atoms with Gasteiger partial charge in [0.2, 0.25) is 0 Å². The van der Waals surface area contributed by atoms with E-state index in [4.69, 9.17) is 9.47 Å². The average Bonchev–Trinajstić information content (AvgIpc) is 3.13. The van der Waals surface area contributed by atoms with E-state index >= 15 is 0 Å². The van der Waals surface area contributed by atoms with Crippen LogP contribution in [0.25, 0.3) is 0 Å². The molecule has 0 aromatic heterocycles. The first kappa shape index (κ1) is 42.0. The zero-order valence-electron chi connectivity index (χ0n) is 36.8. The third-order valence-electron chi connectivity index (χ3n) is 17.9. The molecule has 6 nitrogen and oxygen atoms in total. The Morgan fingerprint density at radius 3 is 1.71 bits per heavy atom. The highest BCUT2D eigenvalue weighted by Gasteiger charge is 2.60. The van der Waals surface area contributed by atoms with Gasteiger partial charge in [0, 0.05) is 0 Å². The Hall–Kier alpha value is -2.18. The quantitative estimate of drug-likeness (QED) is 0.239.